The number of benzene rings is 1. The molecule has 1 unspecified atom stereocenters. The Morgan fingerprint density at radius 2 is 1.95 bits per heavy atom. The fourth-order valence-corrected chi connectivity index (χ4v) is 1.95. The highest BCUT2D eigenvalue weighted by Gasteiger charge is 2.31. The van der Waals surface area contributed by atoms with Gasteiger partial charge in [-0.05, 0) is 24.6 Å². The van der Waals surface area contributed by atoms with E-state index in [1.54, 1.807) is 0 Å². The molecular formula is C14H14F3N3. The molecule has 1 aromatic heterocycles. The molecule has 0 spiro atoms. The van der Waals surface area contributed by atoms with Crippen LogP contribution in [0.2, 0.25) is 0 Å². The molecule has 0 aliphatic carbocycles. The van der Waals surface area contributed by atoms with Crippen molar-refractivity contribution in [2.45, 2.75) is 19.1 Å². The van der Waals surface area contributed by atoms with Gasteiger partial charge in [0.15, 0.2) is 0 Å². The number of rotatable bonds is 3. The second kappa shape index (κ2) is 5.60. The number of hydrogen-bond donors (Lipinski definition) is 2. The maximum absolute atomic E-state index is 12.5. The third kappa shape index (κ3) is 3.15. The van der Waals surface area contributed by atoms with Crippen molar-refractivity contribution < 1.29 is 13.2 Å². The molecule has 0 saturated heterocycles. The van der Waals surface area contributed by atoms with Crippen molar-refractivity contribution in [1.29, 1.82) is 0 Å². The van der Waals surface area contributed by atoms with Gasteiger partial charge in [-0.2, -0.15) is 13.2 Å². The van der Waals surface area contributed by atoms with Crippen molar-refractivity contribution in [2.75, 3.05) is 0 Å². The van der Waals surface area contributed by atoms with Gasteiger partial charge in [-0.3, -0.25) is 10.8 Å². The molecule has 2 aromatic rings. The number of hydrazine groups is 1. The van der Waals surface area contributed by atoms with Crippen molar-refractivity contribution in [3.8, 4) is 0 Å². The van der Waals surface area contributed by atoms with E-state index in [0.717, 1.165) is 23.4 Å². The summed E-state index contributed by atoms with van der Waals surface area (Å²) in [6, 6.07) is 9.42. The largest absolute Gasteiger partial charge is 0.417 e. The van der Waals surface area contributed by atoms with Gasteiger partial charge < -0.3 is 0 Å². The summed E-state index contributed by atoms with van der Waals surface area (Å²) in [5, 5.41) is 0. The first-order valence-electron chi connectivity index (χ1n) is 5.97. The molecule has 0 saturated carbocycles. The summed E-state index contributed by atoms with van der Waals surface area (Å²) in [5.74, 6) is 5.50. The average Bonchev–Trinajstić information content (AvgIpc) is 2.39. The number of pyridine rings is 1. The minimum absolute atomic E-state index is 0.436. The predicted octanol–water partition coefficient (Wildman–Crippen LogP) is 2.96. The quantitative estimate of drug-likeness (QED) is 0.671. The second-order valence-electron chi connectivity index (χ2n) is 4.48. The van der Waals surface area contributed by atoms with Gasteiger partial charge in [-0.25, -0.2) is 5.43 Å². The minimum Gasteiger partial charge on any atom is -0.271 e. The molecule has 0 amide bonds. The van der Waals surface area contributed by atoms with Crippen LogP contribution in [0.25, 0.3) is 0 Å². The number of aromatic nitrogens is 1. The average molecular weight is 281 g/mol. The standard InChI is InChI=1S/C14H14F3N3/c1-9-3-2-4-10(7-9)13(20-18)12-6-5-11(8-19-12)14(15,16)17/h2-8,13,20H,18H2,1H3. The lowest BCUT2D eigenvalue weighted by atomic mass is 10.0. The van der Waals surface area contributed by atoms with Crippen LogP contribution in [0.1, 0.15) is 28.4 Å². The van der Waals surface area contributed by atoms with Gasteiger partial charge in [0.2, 0.25) is 0 Å². The van der Waals surface area contributed by atoms with E-state index >= 15 is 0 Å². The van der Waals surface area contributed by atoms with E-state index in [4.69, 9.17) is 5.84 Å². The molecular weight excluding hydrogens is 267 g/mol. The van der Waals surface area contributed by atoms with Gasteiger partial charge in [-0.1, -0.05) is 29.8 Å². The Hall–Kier alpha value is -1.92. The maximum atomic E-state index is 12.5. The fraction of sp³-hybridized carbons (Fsp3) is 0.214. The van der Waals surface area contributed by atoms with Crippen molar-refractivity contribution >= 4 is 0 Å². The Balaban J connectivity index is 2.33. The number of alkyl halides is 3. The first kappa shape index (κ1) is 14.5. The highest BCUT2D eigenvalue weighted by Crippen LogP contribution is 2.29. The first-order valence-corrected chi connectivity index (χ1v) is 5.97. The summed E-state index contributed by atoms with van der Waals surface area (Å²) in [4.78, 5) is 3.86. The van der Waals surface area contributed by atoms with Crippen molar-refractivity contribution in [1.82, 2.24) is 10.4 Å². The van der Waals surface area contributed by atoms with Crippen LogP contribution < -0.4 is 11.3 Å². The van der Waals surface area contributed by atoms with Gasteiger partial charge in [0.1, 0.15) is 0 Å². The van der Waals surface area contributed by atoms with Gasteiger partial charge in [-0.15, -0.1) is 0 Å². The van der Waals surface area contributed by atoms with Crippen LogP contribution in [0.15, 0.2) is 42.6 Å². The predicted molar refractivity (Wildman–Crippen MR) is 69.6 cm³/mol. The molecule has 106 valence electrons. The van der Waals surface area contributed by atoms with Crippen molar-refractivity contribution in [3.63, 3.8) is 0 Å². The number of aryl methyl sites for hydroxylation is 1. The molecule has 0 radical (unpaired) electrons. The number of nitrogens with zero attached hydrogens (tertiary/aromatic N) is 1. The summed E-state index contributed by atoms with van der Waals surface area (Å²) in [7, 11) is 0. The van der Waals surface area contributed by atoms with E-state index in [1.165, 1.54) is 6.07 Å². The van der Waals surface area contributed by atoms with Crippen molar-refractivity contribution in [3.05, 3.63) is 65.0 Å². The molecule has 0 aliphatic rings. The minimum atomic E-state index is -4.39. The Morgan fingerprint density at radius 1 is 1.20 bits per heavy atom. The molecule has 1 atom stereocenters. The number of nitrogens with one attached hydrogen (secondary N) is 1. The van der Waals surface area contributed by atoms with Crippen LogP contribution in [-0.2, 0) is 6.18 Å². The lowest BCUT2D eigenvalue weighted by Crippen LogP contribution is -2.29. The van der Waals surface area contributed by atoms with Crippen LogP contribution in [-0.4, -0.2) is 4.98 Å². The van der Waals surface area contributed by atoms with Gasteiger partial charge in [0.05, 0.1) is 17.3 Å². The zero-order valence-electron chi connectivity index (χ0n) is 10.8. The fourth-order valence-electron chi connectivity index (χ4n) is 1.95. The molecule has 0 aliphatic heterocycles. The number of hydrogen-bond acceptors (Lipinski definition) is 3. The summed E-state index contributed by atoms with van der Waals surface area (Å²) in [6.45, 7) is 1.93. The van der Waals surface area contributed by atoms with E-state index in [9.17, 15) is 13.2 Å². The molecule has 0 fully saturated rings. The van der Waals surface area contributed by atoms with Crippen LogP contribution in [0, 0.1) is 6.92 Å². The first-order chi connectivity index (χ1) is 9.41. The second-order valence-corrected chi connectivity index (χ2v) is 4.48. The Morgan fingerprint density at radius 3 is 2.45 bits per heavy atom. The Kier molecular flexibility index (Phi) is 4.06. The molecule has 1 aromatic carbocycles. The third-order valence-corrected chi connectivity index (χ3v) is 2.95. The van der Waals surface area contributed by atoms with Gasteiger partial charge >= 0.3 is 6.18 Å². The molecule has 6 heteroatoms. The molecule has 1 heterocycles. The summed E-state index contributed by atoms with van der Waals surface area (Å²) < 4.78 is 37.5. The SMILES string of the molecule is Cc1cccc(C(NN)c2ccc(C(F)(F)F)cn2)c1. The molecule has 0 bridgehead atoms. The van der Waals surface area contributed by atoms with E-state index < -0.39 is 17.8 Å². The van der Waals surface area contributed by atoms with E-state index in [2.05, 4.69) is 10.4 Å². The summed E-state index contributed by atoms with van der Waals surface area (Å²) in [6.07, 6.45) is -3.57. The zero-order valence-corrected chi connectivity index (χ0v) is 10.8. The van der Waals surface area contributed by atoms with E-state index in [0.29, 0.717) is 5.69 Å². The normalized spacial score (nSPS) is 13.2. The highest BCUT2D eigenvalue weighted by atomic mass is 19.4. The van der Waals surface area contributed by atoms with Gasteiger partial charge in [0.25, 0.3) is 0 Å². The molecule has 3 nitrogen and oxygen atoms in total. The molecule has 20 heavy (non-hydrogen) atoms. The third-order valence-electron chi connectivity index (χ3n) is 2.95. The molecule has 2 rings (SSSR count). The van der Waals surface area contributed by atoms with Crippen LogP contribution >= 0.6 is 0 Å². The summed E-state index contributed by atoms with van der Waals surface area (Å²) >= 11 is 0. The lowest BCUT2D eigenvalue weighted by Gasteiger charge is -2.17. The van der Waals surface area contributed by atoms with Crippen LogP contribution in [0.3, 0.4) is 0 Å². The van der Waals surface area contributed by atoms with E-state index in [-0.39, 0.29) is 0 Å². The maximum Gasteiger partial charge on any atom is 0.417 e. The molecule has 3 N–H and O–H groups in total. The zero-order chi connectivity index (χ0) is 14.8. The van der Waals surface area contributed by atoms with E-state index in [1.807, 2.05) is 31.2 Å². The number of nitrogens with two attached hydrogens (primary N) is 1. The highest BCUT2D eigenvalue weighted by molar-refractivity contribution is 5.31. The van der Waals surface area contributed by atoms with Crippen molar-refractivity contribution in [2.24, 2.45) is 5.84 Å². The lowest BCUT2D eigenvalue weighted by molar-refractivity contribution is -0.137. The summed E-state index contributed by atoms with van der Waals surface area (Å²) in [5.41, 5.74) is 4.12. The van der Waals surface area contributed by atoms with Crippen LogP contribution in [0.5, 0.6) is 0 Å². The number of halogens is 3. The smallest absolute Gasteiger partial charge is 0.271 e. The Labute approximate surface area is 114 Å². The van der Waals surface area contributed by atoms with Crippen LogP contribution in [0.4, 0.5) is 13.2 Å². The Bertz CT molecular complexity index is 579. The monoisotopic (exact) mass is 281 g/mol. The van der Waals surface area contributed by atoms with Gasteiger partial charge in [0, 0.05) is 6.20 Å². The topological polar surface area (TPSA) is 50.9 Å².